The first kappa shape index (κ1) is 16.8. The minimum atomic E-state index is -3.09. The van der Waals surface area contributed by atoms with E-state index in [1.165, 1.54) is 24.3 Å². The fraction of sp³-hybridized carbons (Fsp3) is 0.533. The molecule has 0 aromatic heterocycles. The fourth-order valence-electron chi connectivity index (χ4n) is 1.87. The lowest BCUT2D eigenvalue weighted by molar-refractivity contribution is 0.0982. The predicted octanol–water partition coefficient (Wildman–Crippen LogP) is 3.25. The molecule has 0 aliphatic rings. The number of hydrogen-bond donors (Lipinski definition) is 0. The first-order valence-corrected chi connectivity index (χ1v) is 8.65. The summed E-state index contributed by atoms with van der Waals surface area (Å²) >= 11 is 0. The molecule has 1 unspecified atom stereocenters. The largest absolute Gasteiger partial charge is 0.294 e. The van der Waals surface area contributed by atoms with Crippen molar-refractivity contribution < 1.29 is 17.6 Å². The molecule has 1 aromatic carbocycles. The number of Topliss-reactive ketones (excluding diaryl/α,β-unsaturated/α-hetero) is 1. The van der Waals surface area contributed by atoms with Crippen LogP contribution in [0.5, 0.6) is 0 Å². The van der Waals surface area contributed by atoms with Gasteiger partial charge in [-0.1, -0.05) is 20.3 Å². The van der Waals surface area contributed by atoms with Gasteiger partial charge in [-0.3, -0.25) is 4.79 Å². The minimum absolute atomic E-state index is 0.0320. The highest BCUT2D eigenvalue weighted by molar-refractivity contribution is 7.91. The van der Waals surface area contributed by atoms with Crippen molar-refractivity contribution in [3.05, 3.63) is 35.6 Å². The van der Waals surface area contributed by atoms with Gasteiger partial charge in [0.05, 0.1) is 11.5 Å². The molecule has 1 aromatic rings. The number of carbonyl (C=O) groups excluding carboxylic acids is 1. The number of hydrogen-bond acceptors (Lipinski definition) is 3. The van der Waals surface area contributed by atoms with E-state index in [1.807, 2.05) is 13.8 Å². The third-order valence-electron chi connectivity index (χ3n) is 3.26. The summed E-state index contributed by atoms with van der Waals surface area (Å²) in [4.78, 5) is 11.8. The quantitative estimate of drug-likeness (QED) is 0.692. The first-order chi connectivity index (χ1) is 9.34. The van der Waals surface area contributed by atoms with Crippen LogP contribution < -0.4 is 0 Å². The van der Waals surface area contributed by atoms with Crippen molar-refractivity contribution in [2.24, 2.45) is 5.92 Å². The predicted molar refractivity (Wildman–Crippen MR) is 78.1 cm³/mol. The third-order valence-corrected chi connectivity index (χ3v) is 5.25. The number of carbonyl (C=O) groups is 1. The molecule has 1 rings (SSSR count). The van der Waals surface area contributed by atoms with Crippen LogP contribution in [0.1, 0.15) is 43.5 Å². The van der Waals surface area contributed by atoms with E-state index in [1.54, 1.807) is 0 Å². The Morgan fingerprint density at radius 1 is 1.25 bits per heavy atom. The van der Waals surface area contributed by atoms with E-state index in [-0.39, 0.29) is 29.6 Å². The molecule has 0 saturated heterocycles. The Bertz CT molecular complexity index is 535. The standard InChI is InChI=1S/C15H21FO3S/c1-3-12(2)11-20(18,19)10-4-5-15(17)13-6-8-14(16)9-7-13/h6-9,12H,3-5,10-11H2,1-2H3. The summed E-state index contributed by atoms with van der Waals surface area (Å²) in [6, 6.07) is 5.30. The fourth-order valence-corrected chi connectivity index (χ4v) is 3.72. The van der Waals surface area contributed by atoms with E-state index < -0.39 is 15.7 Å². The molecule has 0 radical (unpaired) electrons. The molecule has 20 heavy (non-hydrogen) atoms. The molecule has 0 saturated carbocycles. The van der Waals surface area contributed by atoms with Crippen molar-refractivity contribution in [2.75, 3.05) is 11.5 Å². The average Bonchev–Trinajstić information content (AvgIpc) is 2.38. The van der Waals surface area contributed by atoms with Gasteiger partial charge < -0.3 is 0 Å². The number of halogens is 1. The molecule has 5 heteroatoms. The monoisotopic (exact) mass is 300 g/mol. The SMILES string of the molecule is CCC(C)CS(=O)(=O)CCCC(=O)c1ccc(F)cc1. The van der Waals surface area contributed by atoms with Gasteiger partial charge in [-0.25, -0.2) is 12.8 Å². The molecule has 0 aliphatic carbocycles. The van der Waals surface area contributed by atoms with Gasteiger partial charge in [0.2, 0.25) is 0 Å². The molecule has 0 heterocycles. The zero-order valence-electron chi connectivity index (χ0n) is 11.9. The maximum Gasteiger partial charge on any atom is 0.162 e. The topological polar surface area (TPSA) is 51.2 Å². The van der Waals surface area contributed by atoms with Gasteiger partial charge in [0.15, 0.2) is 15.6 Å². The molecule has 112 valence electrons. The number of benzene rings is 1. The van der Waals surface area contributed by atoms with Crippen LogP contribution in [0.15, 0.2) is 24.3 Å². The van der Waals surface area contributed by atoms with Crippen LogP contribution in [0.4, 0.5) is 4.39 Å². The number of sulfone groups is 1. The highest BCUT2D eigenvalue weighted by atomic mass is 32.2. The molecule has 0 bridgehead atoms. The zero-order chi connectivity index (χ0) is 15.2. The van der Waals surface area contributed by atoms with Crippen LogP contribution in [-0.2, 0) is 9.84 Å². The lowest BCUT2D eigenvalue weighted by atomic mass is 10.1. The Hall–Kier alpha value is -1.23. The Kier molecular flexibility index (Phi) is 6.33. The summed E-state index contributed by atoms with van der Waals surface area (Å²) in [6.07, 6.45) is 1.31. The Balaban J connectivity index is 2.44. The Morgan fingerprint density at radius 3 is 2.40 bits per heavy atom. The van der Waals surface area contributed by atoms with Crippen LogP contribution in [0.25, 0.3) is 0 Å². The second-order valence-corrected chi connectivity index (χ2v) is 7.39. The van der Waals surface area contributed by atoms with Crippen molar-refractivity contribution in [1.82, 2.24) is 0 Å². The van der Waals surface area contributed by atoms with Crippen LogP contribution in [0, 0.1) is 11.7 Å². The summed E-state index contributed by atoms with van der Waals surface area (Å²) in [5.41, 5.74) is 0.422. The summed E-state index contributed by atoms with van der Waals surface area (Å²) < 4.78 is 36.3. The second kappa shape index (κ2) is 7.53. The maximum atomic E-state index is 12.7. The van der Waals surface area contributed by atoms with Gasteiger partial charge in [0, 0.05) is 12.0 Å². The number of rotatable bonds is 8. The molecule has 0 fully saturated rings. The van der Waals surface area contributed by atoms with E-state index in [0.29, 0.717) is 12.0 Å². The van der Waals surface area contributed by atoms with Crippen LogP contribution in [-0.4, -0.2) is 25.7 Å². The highest BCUT2D eigenvalue weighted by Gasteiger charge is 2.15. The van der Waals surface area contributed by atoms with Gasteiger partial charge in [-0.15, -0.1) is 0 Å². The Labute approximate surface area is 120 Å². The molecular weight excluding hydrogens is 279 g/mol. The average molecular weight is 300 g/mol. The van der Waals surface area contributed by atoms with Crippen LogP contribution in [0.3, 0.4) is 0 Å². The summed E-state index contributed by atoms with van der Waals surface area (Å²) in [5.74, 6) is -0.187. The molecule has 1 atom stereocenters. The van der Waals surface area contributed by atoms with Gasteiger partial charge in [0.1, 0.15) is 5.82 Å². The van der Waals surface area contributed by atoms with E-state index in [2.05, 4.69) is 0 Å². The van der Waals surface area contributed by atoms with Gasteiger partial charge >= 0.3 is 0 Å². The first-order valence-electron chi connectivity index (χ1n) is 6.83. The lowest BCUT2D eigenvalue weighted by Gasteiger charge is -2.09. The molecule has 3 nitrogen and oxygen atoms in total. The summed E-state index contributed by atoms with van der Waals surface area (Å²) in [6.45, 7) is 3.86. The van der Waals surface area contributed by atoms with Crippen molar-refractivity contribution in [3.63, 3.8) is 0 Å². The molecule has 0 spiro atoms. The van der Waals surface area contributed by atoms with Crippen molar-refractivity contribution >= 4 is 15.6 Å². The number of ketones is 1. The van der Waals surface area contributed by atoms with Crippen molar-refractivity contribution in [2.45, 2.75) is 33.1 Å². The van der Waals surface area contributed by atoms with Gasteiger partial charge in [-0.2, -0.15) is 0 Å². The van der Waals surface area contributed by atoms with E-state index >= 15 is 0 Å². The molecule has 0 aliphatic heterocycles. The van der Waals surface area contributed by atoms with Crippen LogP contribution in [0.2, 0.25) is 0 Å². The van der Waals surface area contributed by atoms with Crippen LogP contribution >= 0.6 is 0 Å². The zero-order valence-corrected chi connectivity index (χ0v) is 12.7. The summed E-state index contributed by atoms with van der Waals surface area (Å²) in [5, 5.41) is 0. The van der Waals surface area contributed by atoms with Crippen molar-refractivity contribution in [3.8, 4) is 0 Å². The Morgan fingerprint density at radius 2 is 1.85 bits per heavy atom. The molecule has 0 amide bonds. The van der Waals surface area contributed by atoms with E-state index in [0.717, 1.165) is 6.42 Å². The smallest absolute Gasteiger partial charge is 0.162 e. The van der Waals surface area contributed by atoms with Crippen molar-refractivity contribution in [1.29, 1.82) is 0 Å². The third kappa shape index (κ3) is 5.82. The van der Waals surface area contributed by atoms with Gasteiger partial charge in [0.25, 0.3) is 0 Å². The van der Waals surface area contributed by atoms with E-state index in [4.69, 9.17) is 0 Å². The molecule has 0 N–H and O–H groups in total. The second-order valence-electron chi connectivity index (χ2n) is 5.16. The highest BCUT2D eigenvalue weighted by Crippen LogP contribution is 2.11. The van der Waals surface area contributed by atoms with E-state index in [9.17, 15) is 17.6 Å². The molecular formula is C15H21FO3S. The maximum absolute atomic E-state index is 12.7. The normalized spacial score (nSPS) is 13.2. The summed E-state index contributed by atoms with van der Waals surface area (Å²) in [7, 11) is -3.09. The minimum Gasteiger partial charge on any atom is -0.294 e. The lowest BCUT2D eigenvalue weighted by Crippen LogP contribution is -2.17. The van der Waals surface area contributed by atoms with Gasteiger partial charge in [-0.05, 0) is 36.6 Å².